The normalized spacial score (nSPS) is 23.3. The second kappa shape index (κ2) is 7.39. The van der Waals surface area contributed by atoms with Gasteiger partial charge < -0.3 is 0 Å². The van der Waals surface area contributed by atoms with Crippen molar-refractivity contribution >= 4 is 29.3 Å². The van der Waals surface area contributed by atoms with Crippen molar-refractivity contribution in [3.8, 4) is 0 Å². The Bertz CT molecular complexity index is 413. The summed E-state index contributed by atoms with van der Waals surface area (Å²) in [6.07, 6.45) is 2.75. The first-order valence-corrected chi connectivity index (χ1v) is 9.18. The first kappa shape index (κ1) is 15.0. The monoisotopic (exact) mass is 294 g/mol. The number of Topliss-reactive ketones (excluding diaryl/α,β-unsaturated/α-hetero) is 1. The van der Waals surface area contributed by atoms with Crippen LogP contribution in [0.1, 0.15) is 31.4 Å². The number of ketones is 1. The minimum absolute atomic E-state index is 0.203. The molecule has 2 atom stereocenters. The molecule has 0 saturated carbocycles. The minimum Gasteiger partial charge on any atom is -0.298 e. The number of hydrogen-bond donors (Lipinski definition) is 0. The lowest BCUT2D eigenvalue weighted by Crippen LogP contribution is -2.33. The molecule has 1 aromatic carbocycles. The van der Waals surface area contributed by atoms with Crippen LogP contribution < -0.4 is 0 Å². The highest BCUT2D eigenvalue weighted by molar-refractivity contribution is 8.07. The van der Waals surface area contributed by atoms with Crippen molar-refractivity contribution in [3.63, 3.8) is 0 Å². The molecule has 0 spiro atoms. The average molecular weight is 294 g/mol. The van der Waals surface area contributed by atoms with E-state index in [0.29, 0.717) is 17.5 Å². The van der Waals surface area contributed by atoms with E-state index in [1.54, 1.807) is 0 Å². The first-order valence-electron chi connectivity index (χ1n) is 7.08. The standard InChI is InChI=1S/C16H22OS2/c1-3-12-5-7-13(8-6-12)11-14(17)16-15(4-2)18-9-10-19-16/h5-8,15-16H,3-4,9-11H2,1-2H3. The van der Waals surface area contributed by atoms with Crippen LogP contribution in [0.15, 0.2) is 24.3 Å². The van der Waals surface area contributed by atoms with Crippen LogP contribution in [0.4, 0.5) is 0 Å². The van der Waals surface area contributed by atoms with Gasteiger partial charge in [0.15, 0.2) is 5.78 Å². The summed E-state index contributed by atoms with van der Waals surface area (Å²) in [5, 5.41) is 0.718. The summed E-state index contributed by atoms with van der Waals surface area (Å²) in [7, 11) is 0. The molecule has 104 valence electrons. The van der Waals surface area contributed by atoms with Gasteiger partial charge in [0.25, 0.3) is 0 Å². The summed E-state index contributed by atoms with van der Waals surface area (Å²) in [4.78, 5) is 12.5. The zero-order valence-corrected chi connectivity index (χ0v) is 13.4. The van der Waals surface area contributed by atoms with Gasteiger partial charge in [-0.2, -0.15) is 11.8 Å². The zero-order chi connectivity index (χ0) is 13.7. The van der Waals surface area contributed by atoms with E-state index in [4.69, 9.17) is 0 Å². The lowest BCUT2D eigenvalue weighted by Gasteiger charge is -2.28. The Morgan fingerprint density at radius 2 is 1.74 bits per heavy atom. The zero-order valence-electron chi connectivity index (χ0n) is 11.7. The molecule has 3 heteroatoms. The van der Waals surface area contributed by atoms with Crippen molar-refractivity contribution in [2.45, 2.75) is 43.6 Å². The van der Waals surface area contributed by atoms with Crippen LogP contribution in [0.25, 0.3) is 0 Å². The molecular weight excluding hydrogens is 272 g/mol. The summed E-state index contributed by atoms with van der Waals surface area (Å²) in [6.45, 7) is 4.35. The molecule has 19 heavy (non-hydrogen) atoms. The van der Waals surface area contributed by atoms with E-state index in [-0.39, 0.29) is 5.25 Å². The molecule has 0 bridgehead atoms. The lowest BCUT2D eigenvalue weighted by molar-refractivity contribution is -0.117. The number of carbonyl (C=O) groups excluding carboxylic acids is 1. The van der Waals surface area contributed by atoms with Crippen LogP contribution in [0, 0.1) is 0 Å². The number of hydrogen-bond acceptors (Lipinski definition) is 3. The van der Waals surface area contributed by atoms with Gasteiger partial charge in [0.2, 0.25) is 0 Å². The van der Waals surface area contributed by atoms with Gasteiger partial charge in [-0.05, 0) is 24.0 Å². The van der Waals surface area contributed by atoms with Crippen LogP contribution in [0.3, 0.4) is 0 Å². The number of carbonyl (C=O) groups is 1. The number of aryl methyl sites for hydroxylation is 1. The molecule has 1 fully saturated rings. The molecule has 2 rings (SSSR count). The fraction of sp³-hybridized carbons (Fsp3) is 0.562. The van der Waals surface area contributed by atoms with Gasteiger partial charge in [-0.25, -0.2) is 0 Å². The highest BCUT2D eigenvalue weighted by Crippen LogP contribution is 2.34. The Hall–Kier alpha value is -0.410. The quantitative estimate of drug-likeness (QED) is 0.817. The smallest absolute Gasteiger partial charge is 0.151 e. The third kappa shape index (κ3) is 4.03. The van der Waals surface area contributed by atoms with Crippen molar-refractivity contribution in [1.29, 1.82) is 0 Å². The first-order chi connectivity index (χ1) is 9.24. The molecule has 0 radical (unpaired) electrons. The van der Waals surface area contributed by atoms with Gasteiger partial charge in [-0.15, -0.1) is 11.8 Å². The van der Waals surface area contributed by atoms with E-state index >= 15 is 0 Å². The average Bonchev–Trinajstić information content (AvgIpc) is 2.48. The molecule has 1 heterocycles. The van der Waals surface area contributed by atoms with E-state index in [9.17, 15) is 4.79 Å². The van der Waals surface area contributed by atoms with Crippen LogP contribution in [-0.2, 0) is 17.6 Å². The summed E-state index contributed by atoms with van der Waals surface area (Å²) < 4.78 is 0. The van der Waals surface area contributed by atoms with Crippen molar-refractivity contribution < 1.29 is 4.79 Å². The molecule has 1 aliphatic rings. The second-order valence-corrected chi connectivity index (χ2v) is 7.52. The van der Waals surface area contributed by atoms with E-state index in [2.05, 4.69) is 38.1 Å². The fourth-order valence-corrected chi connectivity index (χ4v) is 5.43. The number of thioether (sulfide) groups is 2. The van der Waals surface area contributed by atoms with Crippen molar-refractivity contribution in [1.82, 2.24) is 0 Å². The Labute approximate surface area is 124 Å². The van der Waals surface area contributed by atoms with Crippen molar-refractivity contribution in [2.24, 2.45) is 0 Å². The maximum absolute atomic E-state index is 12.5. The molecule has 1 nitrogen and oxygen atoms in total. The summed E-state index contributed by atoms with van der Waals surface area (Å²) in [5.41, 5.74) is 2.50. The molecule has 1 saturated heterocycles. The van der Waals surface area contributed by atoms with Crippen LogP contribution in [0.5, 0.6) is 0 Å². The minimum atomic E-state index is 0.203. The Morgan fingerprint density at radius 1 is 1.11 bits per heavy atom. The summed E-state index contributed by atoms with van der Waals surface area (Å²) >= 11 is 3.84. The maximum atomic E-state index is 12.5. The third-order valence-corrected chi connectivity index (χ3v) is 6.87. The van der Waals surface area contributed by atoms with Gasteiger partial charge in [-0.3, -0.25) is 4.79 Å². The van der Waals surface area contributed by atoms with E-state index < -0.39 is 0 Å². The van der Waals surface area contributed by atoms with Crippen molar-refractivity contribution in [3.05, 3.63) is 35.4 Å². The molecule has 0 aliphatic carbocycles. The lowest BCUT2D eigenvalue weighted by atomic mass is 10.0. The van der Waals surface area contributed by atoms with Gasteiger partial charge in [0.1, 0.15) is 0 Å². The van der Waals surface area contributed by atoms with E-state index in [0.717, 1.165) is 24.2 Å². The predicted molar refractivity (Wildman–Crippen MR) is 87.3 cm³/mol. The molecule has 0 aromatic heterocycles. The maximum Gasteiger partial charge on any atom is 0.151 e. The van der Waals surface area contributed by atoms with Crippen molar-refractivity contribution in [2.75, 3.05) is 11.5 Å². The Balaban J connectivity index is 1.98. The van der Waals surface area contributed by atoms with Gasteiger partial charge in [0.05, 0.1) is 5.25 Å². The van der Waals surface area contributed by atoms with Crippen LogP contribution >= 0.6 is 23.5 Å². The van der Waals surface area contributed by atoms with Crippen LogP contribution in [0.2, 0.25) is 0 Å². The van der Waals surface area contributed by atoms with E-state index in [1.165, 1.54) is 11.3 Å². The highest BCUT2D eigenvalue weighted by atomic mass is 32.2. The summed E-state index contributed by atoms with van der Waals surface area (Å²) in [6, 6.07) is 8.50. The van der Waals surface area contributed by atoms with Crippen LogP contribution in [-0.4, -0.2) is 27.8 Å². The molecular formula is C16H22OS2. The Kier molecular flexibility index (Phi) is 5.83. The predicted octanol–water partition coefficient (Wildman–Crippen LogP) is 3.99. The third-order valence-electron chi connectivity index (χ3n) is 3.58. The summed E-state index contributed by atoms with van der Waals surface area (Å²) in [5.74, 6) is 2.72. The largest absolute Gasteiger partial charge is 0.298 e. The topological polar surface area (TPSA) is 17.1 Å². The molecule has 1 aromatic rings. The number of benzene rings is 1. The van der Waals surface area contributed by atoms with Gasteiger partial charge in [-0.1, -0.05) is 38.1 Å². The molecule has 0 amide bonds. The number of rotatable bonds is 5. The molecule has 0 N–H and O–H groups in total. The molecule has 1 aliphatic heterocycles. The van der Waals surface area contributed by atoms with E-state index in [1.807, 2.05) is 23.5 Å². The SMILES string of the molecule is CCc1ccc(CC(=O)C2SCCSC2CC)cc1. The Morgan fingerprint density at radius 3 is 2.37 bits per heavy atom. The van der Waals surface area contributed by atoms with Gasteiger partial charge >= 0.3 is 0 Å². The highest BCUT2D eigenvalue weighted by Gasteiger charge is 2.30. The molecule has 2 unspecified atom stereocenters. The van der Waals surface area contributed by atoms with Gasteiger partial charge in [0, 0.05) is 23.2 Å². The fourth-order valence-electron chi connectivity index (χ4n) is 2.40. The second-order valence-electron chi connectivity index (χ2n) is 4.92.